The van der Waals surface area contributed by atoms with Crippen LogP contribution >= 0.6 is 11.6 Å². The Morgan fingerprint density at radius 1 is 1.03 bits per heavy atom. The van der Waals surface area contributed by atoms with Crippen molar-refractivity contribution in [3.05, 3.63) is 88.7 Å². The van der Waals surface area contributed by atoms with E-state index in [0.717, 1.165) is 10.5 Å². The van der Waals surface area contributed by atoms with Gasteiger partial charge in [-0.05, 0) is 42.0 Å². The molecule has 156 valence electrons. The first kappa shape index (κ1) is 20.4. The summed E-state index contributed by atoms with van der Waals surface area (Å²) in [7, 11) is 1.46. The zero-order chi connectivity index (χ0) is 22.0. The molecule has 1 fully saturated rings. The van der Waals surface area contributed by atoms with Gasteiger partial charge in [0.25, 0.3) is 11.8 Å². The highest BCUT2D eigenvalue weighted by Crippen LogP contribution is 2.31. The SMILES string of the molecule is COc1ccc(N2C(=O)NC(=O)/C(=C\c3cccn3Cc3ccccc3)C2=O)cc1Cl. The average Bonchev–Trinajstić information content (AvgIpc) is 3.18. The van der Waals surface area contributed by atoms with E-state index >= 15 is 0 Å². The zero-order valence-electron chi connectivity index (χ0n) is 16.5. The molecule has 0 atom stereocenters. The van der Waals surface area contributed by atoms with Crippen molar-refractivity contribution in [2.24, 2.45) is 0 Å². The fraction of sp³-hybridized carbons (Fsp3) is 0.0870. The van der Waals surface area contributed by atoms with Gasteiger partial charge in [0.2, 0.25) is 0 Å². The van der Waals surface area contributed by atoms with Crippen LogP contribution in [0.2, 0.25) is 5.02 Å². The van der Waals surface area contributed by atoms with Gasteiger partial charge in [-0.15, -0.1) is 0 Å². The third-order valence-corrected chi connectivity index (χ3v) is 5.14. The minimum Gasteiger partial charge on any atom is -0.495 e. The lowest BCUT2D eigenvalue weighted by molar-refractivity contribution is -0.122. The van der Waals surface area contributed by atoms with Crippen LogP contribution in [0.15, 0.2) is 72.4 Å². The molecule has 0 saturated carbocycles. The molecule has 0 spiro atoms. The maximum Gasteiger partial charge on any atom is 0.335 e. The number of hydrogen-bond donors (Lipinski definition) is 1. The molecule has 0 unspecified atom stereocenters. The number of aromatic nitrogens is 1. The van der Waals surface area contributed by atoms with Crippen molar-refractivity contribution in [1.29, 1.82) is 0 Å². The second kappa shape index (κ2) is 8.49. The molecule has 4 rings (SSSR count). The lowest BCUT2D eigenvalue weighted by atomic mass is 10.1. The van der Waals surface area contributed by atoms with E-state index in [4.69, 9.17) is 16.3 Å². The van der Waals surface area contributed by atoms with Gasteiger partial charge in [-0.1, -0.05) is 41.9 Å². The van der Waals surface area contributed by atoms with Gasteiger partial charge in [-0.3, -0.25) is 14.9 Å². The van der Waals surface area contributed by atoms with E-state index in [9.17, 15) is 14.4 Å². The molecular formula is C23H18ClN3O4. The van der Waals surface area contributed by atoms with Crippen molar-refractivity contribution in [1.82, 2.24) is 9.88 Å². The van der Waals surface area contributed by atoms with Crippen LogP contribution in [0.3, 0.4) is 0 Å². The topological polar surface area (TPSA) is 80.6 Å². The number of carbonyl (C=O) groups is 3. The molecular weight excluding hydrogens is 418 g/mol. The molecule has 1 saturated heterocycles. The number of urea groups is 1. The summed E-state index contributed by atoms with van der Waals surface area (Å²) < 4.78 is 7.02. The van der Waals surface area contributed by atoms with Crippen LogP contribution in [0.25, 0.3) is 6.08 Å². The Bertz CT molecular complexity index is 1200. The summed E-state index contributed by atoms with van der Waals surface area (Å²) in [4.78, 5) is 38.8. The molecule has 8 heteroatoms. The summed E-state index contributed by atoms with van der Waals surface area (Å²) in [6.45, 7) is 0.569. The molecule has 0 bridgehead atoms. The highest BCUT2D eigenvalue weighted by molar-refractivity contribution is 6.39. The summed E-state index contributed by atoms with van der Waals surface area (Å²) in [5.74, 6) is -1.08. The fourth-order valence-electron chi connectivity index (χ4n) is 3.32. The number of halogens is 1. The molecule has 31 heavy (non-hydrogen) atoms. The van der Waals surface area contributed by atoms with Crippen LogP contribution in [0.4, 0.5) is 10.5 Å². The van der Waals surface area contributed by atoms with Crippen molar-refractivity contribution in [2.75, 3.05) is 12.0 Å². The second-order valence-electron chi connectivity index (χ2n) is 6.82. The van der Waals surface area contributed by atoms with Crippen LogP contribution in [0.5, 0.6) is 5.75 Å². The van der Waals surface area contributed by atoms with Crippen molar-refractivity contribution >= 4 is 41.2 Å². The van der Waals surface area contributed by atoms with Gasteiger partial charge in [0, 0.05) is 18.4 Å². The Kier molecular flexibility index (Phi) is 5.60. The highest BCUT2D eigenvalue weighted by Gasteiger charge is 2.37. The summed E-state index contributed by atoms with van der Waals surface area (Å²) in [5, 5.41) is 2.45. The predicted molar refractivity (Wildman–Crippen MR) is 117 cm³/mol. The van der Waals surface area contributed by atoms with Gasteiger partial charge in [-0.25, -0.2) is 9.69 Å². The van der Waals surface area contributed by atoms with Crippen molar-refractivity contribution in [3.63, 3.8) is 0 Å². The molecule has 0 radical (unpaired) electrons. The normalized spacial score (nSPS) is 15.4. The number of ether oxygens (including phenoxy) is 1. The minimum atomic E-state index is -0.840. The molecule has 1 N–H and O–H groups in total. The van der Waals surface area contributed by atoms with E-state index in [1.54, 1.807) is 12.1 Å². The quantitative estimate of drug-likeness (QED) is 0.487. The first-order valence-electron chi connectivity index (χ1n) is 9.42. The van der Waals surface area contributed by atoms with E-state index in [-0.39, 0.29) is 16.3 Å². The van der Waals surface area contributed by atoms with Gasteiger partial charge in [0.05, 0.1) is 17.8 Å². The van der Waals surface area contributed by atoms with Crippen molar-refractivity contribution < 1.29 is 19.1 Å². The number of methoxy groups -OCH3 is 1. The maximum absolute atomic E-state index is 13.1. The van der Waals surface area contributed by atoms with E-state index in [1.807, 2.05) is 47.2 Å². The number of benzene rings is 2. The molecule has 4 amide bonds. The third-order valence-electron chi connectivity index (χ3n) is 4.85. The molecule has 1 aliphatic heterocycles. The van der Waals surface area contributed by atoms with Crippen LogP contribution < -0.4 is 15.0 Å². The number of rotatable bonds is 5. The van der Waals surface area contributed by atoms with E-state index in [2.05, 4.69) is 5.32 Å². The smallest absolute Gasteiger partial charge is 0.335 e. The predicted octanol–water partition coefficient (Wildman–Crippen LogP) is 3.86. The summed E-state index contributed by atoms with van der Waals surface area (Å²) in [5.41, 5.74) is 1.80. The summed E-state index contributed by atoms with van der Waals surface area (Å²) in [6, 6.07) is 17.1. The minimum absolute atomic E-state index is 0.153. The van der Waals surface area contributed by atoms with E-state index < -0.39 is 17.8 Å². The van der Waals surface area contributed by atoms with Gasteiger partial charge < -0.3 is 9.30 Å². The Labute approximate surface area is 183 Å². The number of carbonyl (C=O) groups excluding carboxylic acids is 3. The Balaban J connectivity index is 1.67. The molecule has 3 aromatic rings. The van der Waals surface area contributed by atoms with Crippen LogP contribution in [-0.4, -0.2) is 29.5 Å². The van der Waals surface area contributed by atoms with E-state index in [1.165, 1.54) is 25.3 Å². The monoisotopic (exact) mass is 435 g/mol. The number of barbiturate groups is 1. The van der Waals surface area contributed by atoms with Crippen LogP contribution in [0, 0.1) is 0 Å². The van der Waals surface area contributed by atoms with Gasteiger partial charge >= 0.3 is 6.03 Å². The molecule has 1 aliphatic rings. The van der Waals surface area contributed by atoms with Crippen LogP contribution in [-0.2, 0) is 16.1 Å². The molecule has 0 aliphatic carbocycles. The third kappa shape index (κ3) is 4.08. The number of amides is 4. The molecule has 1 aromatic heterocycles. The number of hydrogen-bond acceptors (Lipinski definition) is 4. The summed E-state index contributed by atoms with van der Waals surface area (Å²) >= 11 is 6.14. The van der Waals surface area contributed by atoms with Crippen molar-refractivity contribution in [3.8, 4) is 5.75 Å². The average molecular weight is 436 g/mol. The standard InChI is InChI=1S/C23H18ClN3O4/c1-31-20-10-9-17(13-19(20)24)27-22(29)18(21(28)25-23(27)30)12-16-8-5-11-26(16)14-15-6-3-2-4-7-15/h2-13H,14H2,1H3,(H,25,28,30)/b18-12+. The van der Waals surface area contributed by atoms with Gasteiger partial charge in [0.15, 0.2) is 0 Å². The fourth-order valence-corrected chi connectivity index (χ4v) is 3.57. The highest BCUT2D eigenvalue weighted by atomic mass is 35.5. The van der Waals surface area contributed by atoms with E-state index in [0.29, 0.717) is 18.0 Å². The Morgan fingerprint density at radius 3 is 2.52 bits per heavy atom. The lowest BCUT2D eigenvalue weighted by Crippen LogP contribution is -2.54. The number of imide groups is 2. The first-order valence-corrected chi connectivity index (χ1v) is 9.80. The van der Waals surface area contributed by atoms with Crippen molar-refractivity contribution in [2.45, 2.75) is 6.54 Å². The number of anilines is 1. The molecule has 7 nitrogen and oxygen atoms in total. The maximum atomic E-state index is 13.1. The van der Waals surface area contributed by atoms with Gasteiger partial charge in [0.1, 0.15) is 11.3 Å². The zero-order valence-corrected chi connectivity index (χ0v) is 17.3. The Hall–Kier alpha value is -3.84. The van der Waals surface area contributed by atoms with Gasteiger partial charge in [-0.2, -0.15) is 0 Å². The molecule has 2 aromatic carbocycles. The summed E-state index contributed by atoms with van der Waals surface area (Å²) in [6.07, 6.45) is 3.34. The second-order valence-corrected chi connectivity index (χ2v) is 7.23. The number of nitrogens with one attached hydrogen (secondary N) is 1. The number of nitrogens with zero attached hydrogens (tertiary/aromatic N) is 2. The lowest BCUT2D eigenvalue weighted by Gasteiger charge is -2.26. The van der Waals surface area contributed by atoms with Crippen LogP contribution in [0.1, 0.15) is 11.3 Å². The Morgan fingerprint density at radius 2 is 1.81 bits per heavy atom. The molecule has 2 heterocycles. The largest absolute Gasteiger partial charge is 0.495 e. The first-order chi connectivity index (χ1) is 15.0.